The van der Waals surface area contributed by atoms with Crippen molar-refractivity contribution in [3.8, 4) is 5.75 Å². The highest BCUT2D eigenvalue weighted by Crippen LogP contribution is 2.24. The van der Waals surface area contributed by atoms with Gasteiger partial charge in [-0.05, 0) is 24.7 Å². The fourth-order valence-corrected chi connectivity index (χ4v) is 1.91. The summed E-state index contributed by atoms with van der Waals surface area (Å²) in [6, 6.07) is 6.18. The zero-order valence-electron chi connectivity index (χ0n) is 9.37. The second-order valence-electron chi connectivity index (χ2n) is 3.68. The van der Waals surface area contributed by atoms with Gasteiger partial charge in [0, 0.05) is 31.2 Å². The molecule has 3 nitrogen and oxygen atoms in total. The van der Waals surface area contributed by atoms with Crippen LogP contribution in [-0.2, 0) is 13.6 Å². The Bertz CT molecular complexity index is 474. The maximum Gasteiger partial charge on any atom is 0.120 e. The lowest BCUT2D eigenvalue weighted by Gasteiger charge is -2.01. The highest BCUT2D eigenvalue weighted by Gasteiger charge is 2.06. The number of benzene rings is 1. The van der Waals surface area contributed by atoms with Crippen LogP contribution in [0.15, 0.2) is 24.4 Å². The van der Waals surface area contributed by atoms with Gasteiger partial charge in [0.1, 0.15) is 5.75 Å². The van der Waals surface area contributed by atoms with Crippen LogP contribution >= 0.6 is 0 Å². The molecule has 1 aromatic carbocycles. The summed E-state index contributed by atoms with van der Waals surface area (Å²) in [5, 5.41) is 4.46. The highest BCUT2D eigenvalue weighted by atomic mass is 16.5. The van der Waals surface area contributed by atoms with Gasteiger partial charge < -0.3 is 14.6 Å². The molecule has 1 N–H and O–H groups in total. The Hall–Kier alpha value is -1.48. The van der Waals surface area contributed by atoms with E-state index in [4.69, 9.17) is 4.74 Å². The fraction of sp³-hybridized carbons (Fsp3) is 0.333. The number of methoxy groups -OCH3 is 1. The summed E-state index contributed by atoms with van der Waals surface area (Å²) in [4.78, 5) is 0. The van der Waals surface area contributed by atoms with Crippen molar-refractivity contribution in [3.63, 3.8) is 0 Å². The normalized spacial score (nSPS) is 10.9. The molecule has 1 heterocycles. The zero-order valence-corrected chi connectivity index (χ0v) is 9.37. The van der Waals surface area contributed by atoms with Gasteiger partial charge in [0.15, 0.2) is 0 Å². The monoisotopic (exact) mass is 204 g/mol. The average Bonchev–Trinajstić information content (AvgIpc) is 2.56. The predicted octanol–water partition coefficient (Wildman–Crippen LogP) is 1.91. The molecule has 0 unspecified atom stereocenters. The molecule has 0 aliphatic carbocycles. The first-order valence-electron chi connectivity index (χ1n) is 5.03. The van der Waals surface area contributed by atoms with Crippen LogP contribution in [0.2, 0.25) is 0 Å². The van der Waals surface area contributed by atoms with Crippen molar-refractivity contribution in [1.82, 2.24) is 9.88 Å². The molecule has 0 atom stereocenters. The minimum absolute atomic E-state index is 0.893. The lowest BCUT2D eigenvalue weighted by atomic mass is 10.1. The molecule has 0 aliphatic rings. The molecule has 15 heavy (non-hydrogen) atoms. The lowest BCUT2D eigenvalue weighted by molar-refractivity contribution is 0.415. The Labute approximate surface area is 89.7 Å². The molecular weight excluding hydrogens is 188 g/mol. The molecule has 1 aromatic heterocycles. The van der Waals surface area contributed by atoms with E-state index in [1.54, 1.807) is 7.11 Å². The van der Waals surface area contributed by atoms with Gasteiger partial charge in [-0.25, -0.2) is 0 Å². The molecule has 0 radical (unpaired) electrons. The van der Waals surface area contributed by atoms with Crippen LogP contribution in [0.25, 0.3) is 10.9 Å². The third-order valence-corrected chi connectivity index (χ3v) is 2.65. The maximum absolute atomic E-state index is 5.22. The van der Waals surface area contributed by atoms with Gasteiger partial charge >= 0.3 is 0 Å². The third kappa shape index (κ3) is 1.70. The molecule has 80 valence electrons. The van der Waals surface area contributed by atoms with Crippen molar-refractivity contribution >= 4 is 10.9 Å². The Balaban J connectivity index is 2.59. The number of hydrogen-bond acceptors (Lipinski definition) is 2. The van der Waals surface area contributed by atoms with Crippen molar-refractivity contribution in [1.29, 1.82) is 0 Å². The summed E-state index contributed by atoms with van der Waals surface area (Å²) >= 11 is 0. The van der Waals surface area contributed by atoms with E-state index in [1.165, 1.54) is 16.5 Å². The summed E-state index contributed by atoms with van der Waals surface area (Å²) in [7, 11) is 5.71. The van der Waals surface area contributed by atoms with Crippen LogP contribution in [0.1, 0.15) is 5.56 Å². The van der Waals surface area contributed by atoms with E-state index >= 15 is 0 Å². The van der Waals surface area contributed by atoms with Gasteiger partial charge in [-0.3, -0.25) is 0 Å². The van der Waals surface area contributed by atoms with Gasteiger partial charge in [-0.2, -0.15) is 0 Å². The Morgan fingerprint density at radius 1 is 1.40 bits per heavy atom. The first-order chi connectivity index (χ1) is 7.26. The van der Waals surface area contributed by atoms with Crippen LogP contribution in [0.4, 0.5) is 0 Å². The number of hydrogen-bond donors (Lipinski definition) is 1. The van der Waals surface area contributed by atoms with E-state index in [9.17, 15) is 0 Å². The predicted molar refractivity (Wildman–Crippen MR) is 62.2 cm³/mol. The quantitative estimate of drug-likeness (QED) is 0.826. The van der Waals surface area contributed by atoms with E-state index in [1.807, 2.05) is 13.1 Å². The minimum Gasteiger partial charge on any atom is -0.497 e. The highest BCUT2D eigenvalue weighted by molar-refractivity contribution is 5.85. The van der Waals surface area contributed by atoms with E-state index in [0.29, 0.717) is 0 Å². The molecule has 2 aromatic rings. The van der Waals surface area contributed by atoms with Crippen molar-refractivity contribution < 1.29 is 4.74 Å². The molecular formula is C12H16N2O. The van der Waals surface area contributed by atoms with Crippen LogP contribution in [0, 0.1) is 0 Å². The van der Waals surface area contributed by atoms with Gasteiger partial charge in [-0.15, -0.1) is 0 Å². The molecule has 0 spiro atoms. The van der Waals surface area contributed by atoms with Gasteiger partial charge in [0.25, 0.3) is 0 Å². The maximum atomic E-state index is 5.22. The van der Waals surface area contributed by atoms with E-state index in [2.05, 4.69) is 35.3 Å². The average molecular weight is 204 g/mol. The molecule has 2 rings (SSSR count). The summed E-state index contributed by atoms with van der Waals surface area (Å²) in [5.74, 6) is 0.903. The SMILES string of the molecule is CNCc1cn(C)c2cc(OC)ccc12. The number of aromatic nitrogens is 1. The van der Waals surface area contributed by atoms with Crippen molar-refractivity contribution in [2.24, 2.45) is 7.05 Å². The van der Waals surface area contributed by atoms with Crippen molar-refractivity contribution in [2.45, 2.75) is 6.54 Å². The third-order valence-electron chi connectivity index (χ3n) is 2.65. The molecule has 0 aliphatic heterocycles. The van der Waals surface area contributed by atoms with Crippen LogP contribution in [0.3, 0.4) is 0 Å². The Morgan fingerprint density at radius 2 is 2.20 bits per heavy atom. The summed E-state index contributed by atoms with van der Waals surface area (Å²) in [6.45, 7) is 0.893. The number of fused-ring (bicyclic) bond motifs is 1. The fourth-order valence-electron chi connectivity index (χ4n) is 1.91. The van der Waals surface area contributed by atoms with Crippen LogP contribution in [-0.4, -0.2) is 18.7 Å². The summed E-state index contributed by atoms with van der Waals surface area (Å²) in [6.07, 6.45) is 2.15. The van der Waals surface area contributed by atoms with Gasteiger partial charge in [0.2, 0.25) is 0 Å². The standard InChI is InChI=1S/C12H16N2O/c1-13-7-9-8-14(2)12-6-10(15-3)4-5-11(9)12/h4-6,8,13H,7H2,1-3H3. The summed E-state index contributed by atoms with van der Waals surface area (Å²) < 4.78 is 7.35. The first kappa shape index (κ1) is 10.1. The molecule has 0 bridgehead atoms. The Morgan fingerprint density at radius 3 is 2.87 bits per heavy atom. The molecule has 0 fully saturated rings. The number of nitrogens with one attached hydrogen (secondary N) is 1. The number of aryl methyl sites for hydroxylation is 1. The smallest absolute Gasteiger partial charge is 0.120 e. The topological polar surface area (TPSA) is 26.2 Å². The van der Waals surface area contributed by atoms with Gasteiger partial charge in [0.05, 0.1) is 12.6 Å². The Kier molecular flexibility index (Phi) is 2.64. The van der Waals surface area contributed by atoms with Crippen LogP contribution in [0.5, 0.6) is 5.75 Å². The number of ether oxygens (including phenoxy) is 1. The first-order valence-corrected chi connectivity index (χ1v) is 5.03. The minimum atomic E-state index is 0.893. The van der Waals surface area contributed by atoms with Crippen LogP contribution < -0.4 is 10.1 Å². The van der Waals surface area contributed by atoms with Crippen molar-refractivity contribution in [3.05, 3.63) is 30.0 Å². The molecule has 0 amide bonds. The molecule has 0 saturated heterocycles. The second-order valence-corrected chi connectivity index (χ2v) is 3.68. The molecule has 0 saturated carbocycles. The van der Waals surface area contributed by atoms with Gasteiger partial charge in [-0.1, -0.05) is 0 Å². The van der Waals surface area contributed by atoms with E-state index < -0.39 is 0 Å². The van der Waals surface area contributed by atoms with E-state index in [0.717, 1.165) is 12.3 Å². The summed E-state index contributed by atoms with van der Waals surface area (Å²) in [5.41, 5.74) is 2.53. The molecule has 3 heteroatoms. The zero-order chi connectivity index (χ0) is 10.8. The number of rotatable bonds is 3. The number of nitrogens with zero attached hydrogens (tertiary/aromatic N) is 1. The largest absolute Gasteiger partial charge is 0.497 e. The second kappa shape index (κ2) is 3.95. The lowest BCUT2D eigenvalue weighted by Crippen LogP contribution is -2.04. The van der Waals surface area contributed by atoms with E-state index in [-0.39, 0.29) is 0 Å². The van der Waals surface area contributed by atoms with Crippen molar-refractivity contribution in [2.75, 3.05) is 14.2 Å².